The molecule has 2 aliphatic rings. The van der Waals surface area contributed by atoms with Crippen molar-refractivity contribution in [2.24, 2.45) is 0 Å². The Morgan fingerprint density at radius 3 is 2.41 bits per heavy atom. The summed E-state index contributed by atoms with van der Waals surface area (Å²) in [5.74, 6) is 0.388. The van der Waals surface area contributed by atoms with E-state index in [1.54, 1.807) is 0 Å². The lowest BCUT2D eigenvalue weighted by atomic mass is 9.72. The predicted molar refractivity (Wildman–Crippen MR) is 129 cm³/mol. The summed E-state index contributed by atoms with van der Waals surface area (Å²) in [7, 11) is 0. The molecule has 0 bridgehead atoms. The minimum atomic E-state index is -0.883. The zero-order valence-corrected chi connectivity index (χ0v) is 19.5. The summed E-state index contributed by atoms with van der Waals surface area (Å²) >= 11 is 0. The monoisotopic (exact) mass is 463 g/mol. The topological polar surface area (TPSA) is 97.0 Å². The first kappa shape index (κ1) is 24.1. The van der Waals surface area contributed by atoms with Crippen LogP contribution in [-0.2, 0) is 6.61 Å². The molecule has 1 atom stereocenters. The number of carboxylic acid groups (broad SMARTS) is 1. The van der Waals surface area contributed by atoms with E-state index in [1.807, 2.05) is 48.5 Å². The van der Waals surface area contributed by atoms with Gasteiger partial charge in [-0.3, -0.25) is 4.90 Å². The first-order valence-corrected chi connectivity index (χ1v) is 12.1. The summed E-state index contributed by atoms with van der Waals surface area (Å²) in [6.45, 7) is 3.24. The van der Waals surface area contributed by atoms with Gasteiger partial charge in [-0.25, -0.2) is 4.79 Å². The van der Waals surface area contributed by atoms with Crippen molar-refractivity contribution in [1.29, 1.82) is 5.26 Å². The highest BCUT2D eigenvalue weighted by molar-refractivity contribution is 5.65. The van der Waals surface area contributed by atoms with Crippen LogP contribution in [0.2, 0.25) is 0 Å². The van der Waals surface area contributed by atoms with Gasteiger partial charge < -0.3 is 19.8 Å². The van der Waals surface area contributed by atoms with Crippen LogP contribution in [0, 0.1) is 11.3 Å². The molecule has 0 spiro atoms. The SMILES string of the molecule is N#Cc1cc(C(CN2CCN(C(=O)O)CC2)C2(O)CCCCC2)ccc1OCc1ccccc1. The van der Waals surface area contributed by atoms with E-state index in [0.29, 0.717) is 50.6 Å². The van der Waals surface area contributed by atoms with Gasteiger partial charge in [0.05, 0.1) is 11.2 Å². The summed E-state index contributed by atoms with van der Waals surface area (Å²) in [4.78, 5) is 15.0. The van der Waals surface area contributed by atoms with E-state index in [0.717, 1.165) is 43.2 Å². The molecular weight excluding hydrogens is 430 g/mol. The third-order valence-electron chi connectivity index (χ3n) is 7.22. The maximum Gasteiger partial charge on any atom is 0.407 e. The Morgan fingerprint density at radius 1 is 1.06 bits per heavy atom. The van der Waals surface area contributed by atoms with Crippen LogP contribution >= 0.6 is 0 Å². The lowest BCUT2D eigenvalue weighted by Crippen LogP contribution is -2.51. The van der Waals surface area contributed by atoms with Crippen LogP contribution in [0.1, 0.15) is 54.7 Å². The summed E-state index contributed by atoms with van der Waals surface area (Å²) in [6.07, 6.45) is 3.70. The Morgan fingerprint density at radius 2 is 1.76 bits per heavy atom. The van der Waals surface area contributed by atoms with E-state index in [-0.39, 0.29) is 5.92 Å². The number of rotatable bonds is 7. The molecule has 2 aromatic rings. The second-order valence-electron chi connectivity index (χ2n) is 9.43. The van der Waals surface area contributed by atoms with Crippen LogP contribution in [0.25, 0.3) is 0 Å². The van der Waals surface area contributed by atoms with E-state index in [4.69, 9.17) is 4.74 Å². The summed E-state index contributed by atoms with van der Waals surface area (Å²) in [6, 6.07) is 17.8. The molecule has 1 aliphatic carbocycles. The first-order valence-electron chi connectivity index (χ1n) is 12.1. The smallest absolute Gasteiger partial charge is 0.407 e. The highest BCUT2D eigenvalue weighted by atomic mass is 16.5. The molecule has 4 rings (SSSR count). The molecule has 2 fully saturated rings. The van der Waals surface area contributed by atoms with Gasteiger partial charge in [0.25, 0.3) is 0 Å². The molecule has 7 heteroatoms. The van der Waals surface area contributed by atoms with Crippen LogP contribution < -0.4 is 4.74 Å². The molecule has 7 nitrogen and oxygen atoms in total. The van der Waals surface area contributed by atoms with Gasteiger partial charge in [0.15, 0.2) is 0 Å². The fraction of sp³-hybridized carbons (Fsp3) is 0.481. The summed E-state index contributed by atoms with van der Waals surface area (Å²) < 4.78 is 5.95. The number of ether oxygens (including phenoxy) is 1. The fourth-order valence-electron chi connectivity index (χ4n) is 5.19. The highest BCUT2D eigenvalue weighted by Gasteiger charge is 2.40. The van der Waals surface area contributed by atoms with Crippen LogP contribution in [0.15, 0.2) is 48.5 Å². The molecule has 1 saturated carbocycles. The molecule has 2 N–H and O–H groups in total. The lowest BCUT2D eigenvalue weighted by Gasteiger charge is -2.43. The summed E-state index contributed by atoms with van der Waals surface area (Å²) in [5.41, 5.74) is 1.61. The largest absolute Gasteiger partial charge is 0.488 e. The van der Waals surface area contributed by atoms with Gasteiger partial charge in [-0.05, 0) is 36.1 Å². The zero-order chi connectivity index (χ0) is 24.0. The van der Waals surface area contributed by atoms with Crippen molar-refractivity contribution in [3.63, 3.8) is 0 Å². The second kappa shape index (κ2) is 10.9. The number of aliphatic hydroxyl groups is 1. The van der Waals surface area contributed by atoms with Gasteiger partial charge in [-0.1, -0.05) is 55.7 Å². The van der Waals surface area contributed by atoms with Crippen molar-refractivity contribution < 1.29 is 19.7 Å². The third kappa shape index (κ3) is 5.69. The maximum atomic E-state index is 11.7. The quantitative estimate of drug-likeness (QED) is 0.638. The number of hydrogen-bond donors (Lipinski definition) is 2. The zero-order valence-electron chi connectivity index (χ0n) is 19.5. The van der Waals surface area contributed by atoms with Crippen molar-refractivity contribution in [2.75, 3.05) is 32.7 Å². The maximum absolute atomic E-state index is 11.7. The summed E-state index contributed by atoms with van der Waals surface area (Å²) in [5, 5.41) is 30.8. The number of hydrogen-bond acceptors (Lipinski definition) is 5. The first-order chi connectivity index (χ1) is 16.5. The number of nitrogens with zero attached hydrogens (tertiary/aromatic N) is 3. The number of piperazine rings is 1. The van der Waals surface area contributed by atoms with E-state index >= 15 is 0 Å². The Bertz CT molecular complexity index is 1010. The van der Waals surface area contributed by atoms with Gasteiger partial charge in [0.2, 0.25) is 0 Å². The second-order valence-corrected chi connectivity index (χ2v) is 9.43. The molecule has 180 valence electrons. The van der Waals surface area contributed by atoms with Crippen molar-refractivity contribution in [2.45, 2.75) is 50.2 Å². The van der Waals surface area contributed by atoms with Crippen LogP contribution in [0.5, 0.6) is 5.75 Å². The van der Waals surface area contributed by atoms with Gasteiger partial charge in [-0.15, -0.1) is 0 Å². The van der Waals surface area contributed by atoms with Crippen molar-refractivity contribution in [3.8, 4) is 11.8 Å². The Balaban J connectivity index is 1.54. The molecule has 0 aromatic heterocycles. The number of amides is 1. The Kier molecular flexibility index (Phi) is 7.71. The lowest BCUT2D eigenvalue weighted by molar-refractivity contribution is -0.0338. The van der Waals surface area contributed by atoms with E-state index in [1.165, 1.54) is 4.90 Å². The van der Waals surface area contributed by atoms with Gasteiger partial charge >= 0.3 is 6.09 Å². The van der Waals surface area contributed by atoms with Gasteiger partial charge in [-0.2, -0.15) is 5.26 Å². The molecule has 2 aromatic carbocycles. The average Bonchev–Trinajstić information content (AvgIpc) is 2.87. The molecule has 1 heterocycles. The van der Waals surface area contributed by atoms with E-state index in [9.17, 15) is 20.3 Å². The minimum absolute atomic E-state index is 0.153. The number of nitriles is 1. The Labute approximate surface area is 201 Å². The molecule has 34 heavy (non-hydrogen) atoms. The molecule has 1 unspecified atom stereocenters. The normalized spacial score (nSPS) is 19.2. The number of carbonyl (C=O) groups is 1. The standard InChI is InChI=1S/C27H33N3O4/c28-18-23-17-22(9-10-25(23)34-20-21-7-3-1-4-8-21)24(27(33)11-5-2-6-12-27)19-29-13-15-30(16-14-29)26(31)32/h1,3-4,7-10,17,24,33H,2,5-6,11-16,19-20H2,(H,31,32). The molecule has 1 amide bonds. The predicted octanol–water partition coefficient (Wildman–Crippen LogP) is 4.21. The van der Waals surface area contributed by atoms with Crippen molar-refractivity contribution in [3.05, 3.63) is 65.2 Å². The molecule has 1 aliphatic heterocycles. The fourth-order valence-corrected chi connectivity index (χ4v) is 5.19. The highest BCUT2D eigenvalue weighted by Crippen LogP contribution is 2.41. The molecule has 0 radical (unpaired) electrons. The molecule has 1 saturated heterocycles. The van der Waals surface area contributed by atoms with Crippen LogP contribution in [-0.4, -0.2) is 64.4 Å². The van der Waals surface area contributed by atoms with Crippen molar-refractivity contribution in [1.82, 2.24) is 9.80 Å². The van der Waals surface area contributed by atoms with Crippen molar-refractivity contribution >= 4 is 6.09 Å². The van der Waals surface area contributed by atoms with Crippen LogP contribution in [0.3, 0.4) is 0 Å². The average molecular weight is 464 g/mol. The third-order valence-corrected chi connectivity index (χ3v) is 7.22. The van der Waals surface area contributed by atoms with Crippen LogP contribution in [0.4, 0.5) is 4.79 Å². The van der Waals surface area contributed by atoms with E-state index in [2.05, 4.69) is 11.0 Å². The Hall–Kier alpha value is -3.08. The minimum Gasteiger partial charge on any atom is -0.488 e. The van der Waals surface area contributed by atoms with Gasteiger partial charge in [0, 0.05) is 38.6 Å². The molecular formula is C27H33N3O4. The van der Waals surface area contributed by atoms with Gasteiger partial charge in [0.1, 0.15) is 18.4 Å². The number of benzene rings is 2. The van der Waals surface area contributed by atoms with E-state index < -0.39 is 11.7 Å².